The number of carbonyl (C=O) groups is 1. The minimum Gasteiger partial charge on any atom is -0.361 e. The molecule has 1 aromatic heterocycles. The first kappa shape index (κ1) is 17.6. The summed E-state index contributed by atoms with van der Waals surface area (Å²) in [5, 5.41) is 3.54. The van der Waals surface area contributed by atoms with Crippen molar-refractivity contribution in [3.63, 3.8) is 0 Å². The molecular weight excluding hydrogens is 334 g/mol. The normalized spacial score (nSPS) is 16.7. The molecule has 1 aliphatic rings. The predicted molar refractivity (Wildman–Crippen MR) is 99.7 cm³/mol. The van der Waals surface area contributed by atoms with Gasteiger partial charge in [0.15, 0.2) is 5.11 Å². The third kappa shape index (κ3) is 5.14. The van der Waals surface area contributed by atoms with E-state index in [1.54, 1.807) is 11.3 Å². The Hall–Kier alpha value is -0.790. The van der Waals surface area contributed by atoms with Gasteiger partial charge in [0.2, 0.25) is 0 Å². The lowest BCUT2D eigenvalue weighted by atomic mass is 9.90. The molecule has 3 N–H and O–H groups in total. The Bertz CT molecular complexity index is 530. The monoisotopic (exact) mass is 357 g/mol. The maximum absolute atomic E-state index is 12.2. The summed E-state index contributed by atoms with van der Waals surface area (Å²) in [6, 6.07) is 2.03. The predicted octanol–water partition coefficient (Wildman–Crippen LogP) is 2.73. The van der Waals surface area contributed by atoms with Crippen LogP contribution in [-0.4, -0.2) is 29.6 Å². The van der Waals surface area contributed by atoms with Crippen LogP contribution in [0, 0.1) is 5.92 Å². The Morgan fingerprint density at radius 2 is 2.32 bits per heavy atom. The highest BCUT2D eigenvalue weighted by molar-refractivity contribution is 7.98. The topological polar surface area (TPSA) is 53.2 Å². The Morgan fingerprint density at radius 3 is 3.09 bits per heavy atom. The first-order chi connectivity index (χ1) is 10.6. The van der Waals surface area contributed by atoms with E-state index < -0.39 is 0 Å². The van der Waals surface area contributed by atoms with Crippen molar-refractivity contribution in [1.29, 1.82) is 0 Å². The Kier molecular flexibility index (Phi) is 6.98. The second-order valence-electron chi connectivity index (χ2n) is 5.59. The van der Waals surface area contributed by atoms with E-state index in [0.29, 0.717) is 11.0 Å². The Balaban J connectivity index is 1.77. The van der Waals surface area contributed by atoms with Gasteiger partial charge in [-0.25, -0.2) is 0 Å². The number of rotatable bonds is 5. The smallest absolute Gasteiger partial charge is 0.279 e. The van der Waals surface area contributed by atoms with E-state index in [4.69, 9.17) is 12.2 Å². The van der Waals surface area contributed by atoms with Gasteiger partial charge in [-0.05, 0) is 67.5 Å². The molecule has 2 rings (SSSR count). The fourth-order valence-electron chi connectivity index (χ4n) is 2.46. The SMILES string of the molecule is CSCCCNC(=S)NNC(=O)c1cc2c(s1)CC[C@@H](C)C2. The van der Waals surface area contributed by atoms with Crippen molar-refractivity contribution in [1.82, 2.24) is 16.2 Å². The van der Waals surface area contributed by atoms with Crippen molar-refractivity contribution in [2.45, 2.75) is 32.6 Å². The van der Waals surface area contributed by atoms with Crippen molar-refractivity contribution in [2.24, 2.45) is 5.92 Å². The second kappa shape index (κ2) is 8.74. The fraction of sp³-hybridized carbons (Fsp3) is 0.600. The first-order valence-corrected chi connectivity index (χ1v) is 10.2. The Labute approximate surface area is 145 Å². The number of fused-ring (bicyclic) bond motifs is 1. The van der Waals surface area contributed by atoms with E-state index >= 15 is 0 Å². The average molecular weight is 358 g/mol. The largest absolute Gasteiger partial charge is 0.361 e. The summed E-state index contributed by atoms with van der Waals surface area (Å²) in [6.45, 7) is 3.08. The first-order valence-electron chi connectivity index (χ1n) is 7.55. The molecule has 1 amide bonds. The molecule has 0 saturated heterocycles. The lowest BCUT2D eigenvalue weighted by Crippen LogP contribution is -2.46. The number of amides is 1. The van der Waals surface area contributed by atoms with Crippen LogP contribution in [0.15, 0.2) is 6.07 Å². The van der Waals surface area contributed by atoms with Gasteiger partial charge >= 0.3 is 0 Å². The number of hydrazine groups is 1. The van der Waals surface area contributed by atoms with E-state index in [0.717, 1.165) is 36.4 Å². The molecule has 0 radical (unpaired) electrons. The van der Waals surface area contributed by atoms with Crippen molar-refractivity contribution in [3.8, 4) is 0 Å². The highest BCUT2D eigenvalue weighted by Gasteiger charge is 2.20. The molecule has 0 unspecified atom stereocenters. The van der Waals surface area contributed by atoms with Crippen molar-refractivity contribution >= 4 is 46.3 Å². The lowest BCUT2D eigenvalue weighted by molar-refractivity contribution is 0.0947. The second-order valence-corrected chi connectivity index (χ2v) is 8.12. The molecular formula is C15H23N3OS3. The van der Waals surface area contributed by atoms with Crippen LogP contribution >= 0.6 is 35.3 Å². The zero-order valence-electron chi connectivity index (χ0n) is 13.0. The maximum Gasteiger partial charge on any atom is 0.279 e. The molecule has 0 aliphatic heterocycles. The lowest BCUT2D eigenvalue weighted by Gasteiger charge is -2.16. The van der Waals surface area contributed by atoms with E-state index in [-0.39, 0.29) is 5.91 Å². The average Bonchev–Trinajstić information content (AvgIpc) is 2.92. The van der Waals surface area contributed by atoms with Gasteiger partial charge in [0, 0.05) is 11.4 Å². The van der Waals surface area contributed by atoms with Crippen molar-refractivity contribution < 1.29 is 4.79 Å². The van der Waals surface area contributed by atoms with Crippen LogP contribution < -0.4 is 16.2 Å². The van der Waals surface area contributed by atoms with Gasteiger partial charge in [0.1, 0.15) is 0 Å². The summed E-state index contributed by atoms with van der Waals surface area (Å²) in [5.41, 5.74) is 6.78. The quantitative estimate of drug-likeness (QED) is 0.430. The summed E-state index contributed by atoms with van der Waals surface area (Å²) < 4.78 is 0. The number of hydrogen-bond acceptors (Lipinski definition) is 4. The van der Waals surface area contributed by atoms with Gasteiger partial charge in [-0.2, -0.15) is 11.8 Å². The third-order valence-electron chi connectivity index (χ3n) is 3.65. The van der Waals surface area contributed by atoms with Crippen LogP contribution in [0.2, 0.25) is 0 Å². The summed E-state index contributed by atoms with van der Waals surface area (Å²) >= 11 is 8.55. The zero-order valence-corrected chi connectivity index (χ0v) is 15.5. The highest BCUT2D eigenvalue weighted by Crippen LogP contribution is 2.31. The molecule has 0 aromatic carbocycles. The number of nitrogens with one attached hydrogen (secondary N) is 3. The van der Waals surface area contributed by atoms with Gasteiger partial charge in [0.25, 0.3) is 5.91 Å². The molecule has 0 bridgehead atoms. The number of aryl methyl sites for hydroxylation is 1. The number of carbonyl (C=O) groups excluding carboxylic acids is 1. The van der Waals surface area contributed by atoms with Crippen LogP contribution in [-0.2, 0) is 12.8 Å². The molecule has 122 valence electrons. The molecule has 1 heterocycles. The summed E-state index contributed by atoms with van der Waals surface area (Å²) in [4.78, 5) is 14.3. The van der Waals surface area contributed by atoms with Crippen LogP contribution in [0.5, 0.6) is 0 Å². The molecule has 4 nitrogen and oxygen atoms in total. The minimum absolute atomic E-state index is 0.111. The van der Waals surface area contributed by atoms with E-state index in [2.05, 4.69) is 29.3 Å². The van der Waals surface area contributed by atoms with Crippen LogP contribution in [0.4, 0.5) is 0 Å². The van der Waals surface area contributed by atoms with Gasteiger partial charge in [-0.1, -0.05) is 6.92 Å². The van der Waals surface area contributed by atoms with Gasteiger partial charge in [-0.15, -0.1) is 11.3 Å². The minimum atomic E-state index is -0.111. The van der Waals surface area contributed by atoms with Gasteiger partial charge in [-0.3, -0.25) is 15.6 Å². The number of thiocarbonyl (C=S) groups is 1. The van der Waals surface area contributed by atoms with Gasteiger partial charge < -0.3 is 5.32 Å². The van der Waals surface area contributed by atoms with E-state index in [1.165, 1.54) is 16.9 Å². The number of thiophene rings is 1. The van der Waals surface area contributed by atoms with E-state index in [1.807, 2.05) is 17.8 Å². The van der Waals surface area contributed by atoms with Crippen molar-refractivity contribution in [2.75, 3.05) is 18.6 Å². The molecule has 0 saturated carbocycles. The molecule has 0 fully saturated rings. The number of thioether (sulfide) groups is 1. The molecule has 1 aliphatic carbocycles. The third-order valence-corrected chi connectivity index (χ3v) is 5.83. The van der Waals surface area contributed by atoms with Crippen LogP contribution in [0.25, 0.3) is 0 Å². The highest BCUT2D eigenvalue weighted by atomic mass is 32.2. The van der Waals surface area contributed by atoms with Gasteiger partial charge in [0.05, 0.1) is 4.88 Å². The molecule has 0 spiro atoms. The molecule has 22 heavy (non-hydrogen) atoms. The summed E-state index contributed by atoms with van der Waals surface area (Å²) in [6.07, 6.45) is 6.53. The molecule has 7 heteroatoms. The molecule has 1 aromatic rings. The van der Waals surface area contributed by atoms with Crippen LogP contribution in [0.3, 0.4) is 0 Å². The Morgan fingerprint density at radius 1 is 1.50 bits per heavy atom. The summed E-state index contributed by atoms with van der Waals surface area (Å²) in [5.74, 6) is 1.70. The maximum atomic E-state index is 12.2. The van der Waals surface area contributed by atoms with Crippen LogP contribution in [0.1, 0.15) is 39.9 Å². The van der Waals surface area contributed by atoms with Crippen molar-refractivity contribution in [3.05, 3.63) is 21.4 Å². The number of hydrogen-bond donors (Lipinski definition) is 3. The van der Waals surface area contributed by atoms with E-state index in [9.17, 15) is 4.79 Å². The molecule has 1 atom stereocenters. The zero-order chi connectivity index (χ0) is 15.9. The fourth-order valence-corrected chi connectivity index (χ4v) is 4.15. The standard InChI is InChI=1S/C15H23N3OS3/c1-10-4-5-12-11(8-10)9-13(22-12)14(19)17-18-15(20)16-6-3-7-21-2/h9-10H,3-8H2,1-2H3,(H,17,19)(H2,16,18,20)/t10-/m1/s1. The summed E-state index contributed by atoms with van der Waals surface area (Å²) in [7, 11) is 0.